The van der Waals surface area contributed by atoms with Crippen LogP contribution in [0.2, 0.25) is 15.1 Å². The van der Waals surface area contributed by atoms with Gasteiger partial charge in [0.15, 0.2) is 0 Å². The van der Waals surface area contributed by atoms with Gasteiger partial charge < -0.3 is 9.88 Å². The minimum Gasteiger partial charge on any atom is -0.378 e. The summed E-state index contributed by atoms with van der Waals surface area (Å²) in [6.45, 7) is 0.619. The van der Waals surface area contributed by atoms with Crippen LogP contribution in [0.4, 0.5) is 5.69 Å². The lowest BCUT2D eigenvalue weighted by Crippen LogP contribution is -2.04. The maximum atomic E-state index is 6.05. The third-order valence-corrected chi connectivity index (χ3v) is 3.42. The van der Waals surface area contributed by atoms with E-state index in [0.717, 1.165) is 11.4 Å². The average Bonchev–Trinajstić information content (AvgIpc) is 2.68. The number of nitrogens with zero attached hydrogens (tertiary/aromatic N) is 2. The van der Waals surface area contributed by atoms with Crippen molar-refractivity contribution < 1.29 is 0 Å². The Bertz CT molecular complexity index is 537. The number of imidazole rings is 1. The summed E-state index contributed by atoms with van der Waals surface area (Å²) in [6.07, 6.45) is 3.53. The summed E-state index contributed by atoms with van der Waals surface area (Å²) < 4.78 is 1.93. The van der Waals surface area contributed by atoms with Crippen LogP contribution in [-0.4, -0.2) is 9.55 Å². The number of aromatic nitrogens is 2. The first-order valence-corrected chi connectivity index (χ1v) is 6.05. The summed E-state index contributed by atoms with van der Waals surface area (Å²) in [5.74, 6) is 0. The first-order chi connectivity index (χ1) is 8.08. The Labute approximate surface area is 114 Å². The summed E-state index contributed by atoms with van der Waals surface area (Å²) in [7, 11) is 1.93. The number of benzene rings is 1. The molecule has 1 N–H and O–H groups in total. The number of hydrogen-bond donors (Lipinski definition) is 1. The fourth-order valence-corrected chi connectivity index (χ4v) is 2.01. The largest absolute Gasteiger partial charge is 0.378 e. The van der Waals surface area contributed by atoms with Crippen molar-refractivity contribution in [1.29, 1.82) is 0 Å². The third kappa shape index (κ3) is 2.86. The number of rotatable bonds is 3. The molecule has 1 aromatic carbocycles. The fourth-order valence-electron chi connectivity index (χ4n) is 1.40. The van der Waals surface area contributed by atoms with E-state index >= 15 is 0 Å². The number of anilines is 1. The molecule has 0 aliphatic carbocycles. The first kappa shape index (κ1) is 12.6. The number of aryl methyl sites for hydroxylation is 1. The monoisotopic (exact) mass is 289 g/mol. The summed E-state index contributed by atoms with van der Waals surface area (Å²) >= 11 is 17.8. The molecule has 0 atom stereocenters. The van der Waals surface area contributed by atoms with Gasteiger partial charge in [-0.1, -0.05) is 34.8 Å². The van der Waals surface area contributed by atoms with Gasteiger partial charge >= 0.3 is 0 Å². The van der Waals surface area contributed by atoms with E-state index in [4.69, 9.17) is 34.8 Å². The van der Waals surface area contributed by atoms with Crippen LogP contribution in [0.15, 0.2) is 24.7 Å². The van der Waals surface area contributed by atoms with E-state index in [-0.39, 0.29) is 0 Å². The van der Waals surface area contributed by atoms with Crippen molar-refractivity contribution in [3.8, 4) is 0 Å². The molecule has 0 saturated heterocycles. The zero-order chi connectivity index (χ0) is 12.4. The van der Waals surface area contributed by atoms with Crippen molar-refractivity contribution >= 4 is 40.5 Å². The van der Waals surface area contributed by atoms with Crippen molar-refractivity contribution in [2.75, 3.05) is 5.32 Å². The number of nitrogens with one attached hydrogen (secondary N) is 1. The molecule has 3 nitrogen and oxygen atoms in total. The molecule has 0 aliphatic rings. The summed E-state index contributed by atoms with van der Waals surface area (Å²) in [5.41, 5.74) is 1.80. The van der Waals surface area contributed by atoms with E-state index in [1.54, 1.807) is 24.7 Å². The van der Waals surface area contributed by atoms with Crippen LogP contribution >= 0.6 is 34.8 Å². The predicted octanol–water partition coefficient (Wildman–Crippen LogP) is 3.99. The van der Waals surface area contributed by atoms with E-state index in [2.05, 4.69) is 10.3 Å². The van der Waals surface area contributed by atoms with Gasteiger partial charge in [0.25, 0.3) is 0 Å². The SMILES string of the molecule is Cn1cncc1CNc1cc(Cl)c(Cl)cc1Cl. The Kier molecular flexibility index (Phi) is 3.82. The second kappa shape index (κ2) is 5.17. The third-order valence-electron chi connectivity index (χ3n) is 2.39. The normalized spacial score (nSPS) is 10.6. The molecule has 2 rings (SSSR count). The lowest BCUT2D eigenvalue weighted by Gasteiger charge is -2.10. The molecule has 6 heteroatoms. The van der Waals surface area contributed by atoms with Gasteiger partial charge in [0.2, 0.25) is 0 Å². The van der Waals surface area contributed by atoms with Gasteiger partial charge in [0, 0.05) is 13.2 Å². The Hall–Kier alpha value is -0.900. The van der Waals surface area contributed by atoms with Crippen molar-refractivity contribution in [3.63, 3.8) is 0 Å². The lowest BCUT2D eigenvalue weighted by molar-refractivity contribution is 0.837. The van der Waals surface area contributed by atoms with E-state index in [1.807, 2.05) is 11.6 Å². The van der Waals surface area contributed by atoms with E-state index in [0.29, 0.717) is 21.6 Å². The number of halogens is 3. The maximum Gasteiger partial charge on any atom is 0.0946 e. The quantitative estimate of drug-likeness (QED) is 0.866. The fraction of sp³-hybridized carbons (Fsp3) is 0.182. The summed E-state index contributed by atoms with van der Waals surface area (Å²) in [4.78, 5) is 4.03. The van der Waals surface area contributed by atoms with Gasteiger partial charge in [-0.3, -0.25) is 0 Å². The molecule has 0 spiro atoms. The zero-order valence-electron chi connectivity index (χ0n) is 9.04. The second-order valence-electron chi connectivity index (χ2n) is 3.60. The summed E-state index contributed by atoms with van der Waals surface area (Å²) in [6, 6.07) is 3.33. The van der Waals surface area contributed by atoms with Crippen LogP contribution in [0.25, 0.3) is 0 Å². The van der Waals surface area contributed by atoms with Crippen LogP contribution in [-0.2, 0) is 13.6 Å². The van der Waals surface area contributed by atoms with Crippen LogP contribution in [0, 0.1) is 0 Å². The Morgan fingerprint density at radius 2 is 1.88 bits per heavy atom. The predicted molar refractivity (Wildman–Crippen MR) is 72.0 cm³/mol. The van der Waals surface area contributed by atoms with Crippen LogP contribution in [0.3, 0.4) is 0 Å². The van der Waals surface area contributed by atoms with Crippen molar-refractivity contribution in [1.82, 2.24) is 9.55 Å². The highest BCUT2D eigenvalue weighted by atomic mass is 35.5. The second-order valence-corrected chi connectivity index (χ2v) is 4.82. The Morgan fingerprint density at radius 3 is 2.53 bits per heavy atom. The van der Waals surface area contributed by atoms with Crippen molar-refractivity contribution in [2.45, 2.75) is 6.54 Å². The van der Waals surface area contributed by atoms with Crippen LogP contribution in [0.5, 0.6) is 0 Å². The van der Waals surface area contributed by atoms with Gasteiger partial charge in [0.05, 0.1) is 39.3 Å². The highest BCUT2D eigenvalue weighted by molar-refractivity contribution is 6.44. The van der Waals surface area contributed by atoms with E-state index < -0.39 is 0 Å². The molecule has 0 fully saturated rings. The van der Waals surface area contributed by atoms with Gasteiger partial charge in [-0.05, 0) is 12.1 Å². The highest BCUT2D eigenvalue weighted by Gasteiger charge is 2.06. The van der Waals surface area contributed by atoms with Crippen molar-refractivity contribution in [3.05, 3.63) is 45.4 Å². The van der Waals surface area contributed by atoms with E-state index in [9.17, 15) is 0 Å². The molecule has 0 bridgehead atoms. The molecular formula is C11H10Cl3N3. The van der Waals surface area contributed by atoms with Crippen LogP contribution < -0.4 is 5.32 Å². The smallest absolute Gasteiger partial charge is 0.0946 e. The van der Waals surface area contributed by atoms with Gasteiger partial charge in [-0.2, -0.15) is 0 Å². The van der Waals surface area contributed by atoms with Crippen LogP contribution in [0.1, 0.15) is 5.69 Å². The van der Waals surface area contributed by atoms with Gasteiger partial charge in [-0.25, -0.2) is 4.98 Å². The molecular weight excluding hydrogens is 281 g/mol. The zero-order valence-corrected chi connectivity index (χ0v) is 11.3. The maximum absolute atomic E-state index is 6.05. The average molecular weight is 291 g/mol. The molecule has 2 aromatic rings. The van der Waals surface area contributed by atoms with Crippen molar-refractivity contribution in [2.24, 2.45) is 7.05 Å². The lowest BCUT2D eigenvalue weighted by atomic mass is 10.3. The first-order valence-electron chi connectivity index (χ1n) is 4.91. The molecule has 0 unspecified atom stereocenters. The molecule has 0 radical (unpaired) electrons. The number of hydrogen-bond acceptors (Lipinski definition) is 2. The Balaban J connectivity index is 2.14. The molecule has 17 heavy (non-hydrogen) atoms. The highest BCUT2D eigenvalue weighted by Crippen LogP contribution is 2.32. The van der Waals surface area contributed by atoms with Gasteiger partial charge in [0.1, 0.15) is 0 Å². The topological polar surface area (TPSA) is 29.9 Å². The standard InChI is InChI=1S/C11H10Cl3N3/c1-17-6-15-4-7(17)5-16-11-3-9(13)8(12)2-10(11)14/h2-4,6,16H,5H2,1H3. The van der Waals surface area contributed by atoms with E-state index in [1.165, 1.54) is 0 Å². The Morgan fingerprint density at radius 1 is 1.18 bits per heavy atom. The molecule has 1 heterocycles. The molecule has 0 aliphatic heterocycles. The minimum absolute atomic E-state index is 0.447. The molecule has 0 saturated carbocycles. The molecule has 90 valence electrons. The minimum atomic E-state index is 0.447. The van der Waals surface area contributed by atoms with Gasteiger partial charge in [-0.15, -0.1) is 0 Å². The summed E-state index contributed by atoms with van der Waals surface area (Å²) in [5, 5.41) is 4.65. The molecule has 1 aromatic heterocycles. The molecule has 0 amide bonds.